The Morgan fingerprint density at radius 1 is 1.12 bits per heavy atom. The van der Waals surface area contributed by atoms with Gasteiger partial charge in [0.15, 0.2) is 5.78 Å². The van der Waals surface area contributed by atoms with E-state index in [0.29, 0.717) is 28.9 Å². The number of carbonyl (C=O) groups excluding carboxylic acids is 1. The number of hydrogen-bond donors (Lipinski definition) is 1. The zero-order chi connectivity index (χ0) is 23.3. The van der Waals surface area contributed by atoms with Crippen molar-refractivity contribution in [3.63, 3.8) is 0 Å². The fourth-order valence-electron chi connectivity index (χ4n) is 9.20. The Hall–Kier alpha value is -1.63. The maximum absolute atomic E-state index is 13.5. The van der Waals surface area contributed by atoms with Gasteiger partial charge in [-0.25, -0.2) is 0 Å². The average molecular weight is 450 g/mol. The molecule has 0 saturated heterocycles. The molecular weight excluding hydrogens is 406 g/mol. The van der Waals surface area contributed by atoms with E-state index in [1.165, 1.54) is 51.4 Å². The van der Waals surface area contributed by atoms with Gasteiger partial charge in [-0.05, 0) is 97.7 Å². The van der Waals surface area contributed by atoms with Crippen LogP contribution in [0.3, 0.4) is 0 Å². The first-order valence-corrected chi connectivity index (χ1v) is 13.9. The molecule has 5 rings (SSSR count). The molecule has 33 heavy (non-hydrogen) atoms. The molecule has 4 heteroatoms. The van der Waals surface area contributed by atoms with E-state index in [-0.39, 0.29) is 17.9 Å². The summed E-state index contributed by atoms with van der Waals surface area (Å²) in [6.07, 6.45) is 14.3. The van der Waals surface area contributed by atoms with Crippen LogP contribution >= 0.6 is 0 Å². The third-order valence-corrected chi connectivity index (χ3v) is 10.7. The number of allylic oxidation sites excluding steroid dienone is 2. The van der Waals surface area contributed by atoms with Crippen molar-refractivity contribution in [2.24, 2.45) is 69.4 Å². The van der Waals surface area contributed by atoms with Crippen LogP contribution in [0.2, 0.25) is 0 Å². The topological polar surface area (TPSA) is 79.2 Å². The van der Waals surface area contributed by atoms with Gasteiger partial charge in [0.2, 0.25) is 0 Å². The highest BCUT2D eigenvalue weighted by Gasteiger charge is 2.70. The van der Waals surface area contributed by atoms with E-state index >= 15 is 0 Å². The lowest BCUT2D eigenvalue weighted by molar-refractivity contribution is -0.131. The highest BCUT2D eigenvalue weighted by molar-refractivity contribution is 5.90. The van der Waals surface area contributed by atoms with Crippen LogP contribution < -0.4 is 5.73 Å². The molecule has 0 aromatic carbocycles. The number of hydrogen-bond acceptors (Lipinski definition) is 4. The fourth-order valence-corrected chi connectivity index (χ4v) is 9.20. The minimum Gasteiger partial charge on any atom is -0.401 e. The van der Waals surface area contributed by atoms with Crippen molar-refractivity contribution in [1.29, 1.82) is 5.26 Å². The number of nitriles is 1. The number of Topliss-reactive ketones (excluding diaryl/α,β-unsaturated/α-hetero) is 1. The van der Waals surface area contributed by atoms with E-state index in [1.54, 1.807) is 6.21 Å². The van der Waals surface area contributed by atoms with E-state index in [1.807, 2.05) is 0 Å². The van der Waals surface area contributed by atoms with Gasteiger partial charge in [0, 0.05) is 17.8 Å². The van der Waals surface area contributed by atoms with Crippen LogP contribution in [-0.2, 0) is 4.79 Å². The highest BCUT2D eigenvalue weighted by atomic mass is 16.1. The third-order valence-electron chi connectivity index (χ3n) is 10.7. The molecule has 5 fully saturated rings. The molecule has 0 radical (unpaired) electrons. The van der Waals surface area contributed by atoms with Gasteiger partial charge in [0.1, 0.15) is 6.07 Å². The first-order valence-electron chi connectivity index (χ1n) is 13.9. The molecular formula is C29H43N3O. The number of nitrogens with zero attached hydrogens (tertiary/aromatic N) is 2. The summed E-state index contributed by atoms with van der Waals surface area (Å²) < 4.78 is 0. The lowest BCUT2D eigenvalue weighted by Crippen LogP contribution is -2.50. The van der Waals surface area contributed by atoms with Gasteiger partial charge in [0.05, 0.1) is 12.1 Å². The summed E-state index contributed by atoms with van der Waals surface area (Å²) in [6.45, 7) is 7.42. The number of fused-ring (bicyclic) bond motifs is 5. The Morgan fingerprint density at radius 3 is 2.58 bits per heavy atom. The van der Waals surface area contributed by atoms with Gasteiger partial charge in [-0.3, -0.25) is 9.79 Å². The largest absolute Gasteiger partial charge is 0.401 e. The Bertz CT molecular complexity index is 880. The van der Waals surface area contributed by atoms with Crippen LogP contribution in [-0.4, -0.2) is 18.5 Å². The lowest BCUT2D eigenvalue weighted by Gasteiger charge is -2.55. The summed E-state index contributed by atoms with van der Waals surface area (Å²) in [5.74, 6) is 6.52. The molecule has 9 atom stereocenters. The summed E-state index contributed by atoms with van der Waals surface area (Å²) in [4.78, 5) is 18.0. The zero-order valence-electron chi connectivity index (χ0n) is 20.9. The van der Waals surface area contributed by atoms with E-state index in [2.05, 4.69) is 31.8 Å². The van der Waals surface area contributed by atoms with Gasteiger partial charge in [0.25, 0.3) is 0 Å². The third kappa shape index (κ3) is 3.88. The van der Waals surface area contributed by atoms with Crippen molar-refractivity contribution in [3.05, 3.63) is 11.3 Å². The molecule has 0 bridgehead atoms. The summed E-state index contributed by atoms with van der Waals surface area (Å²) in [7, 11) is 0. The molecule has 5 aliphatic rings. The molecule has 0 aliphatic heterocycles. The van der Waals surface area contributed by atoms with E-state index in [9.17, 15) is 10.1 Å². The monoisotopic (exact) mass is 449 g/mol. The molecule has 5 saturated carbocycles. The van der Waals surface area contributed by atoms with Crippen molar-refractivity contribution in [2.75, 3.05) is 6.54 Å². The number of nitrogens with two attached hydrogens (primary N) is 1. The van der Waals surface area contributed by atoms with Crippen LogP contribution in [0.25, 0.3) is 0 Å². The Morgan fingerprint density at radius 2 is 1.91 bits per heavy atom. The second-order valence-electron chi connectivity index (χ2n) is 12.3. The van der Waals surface area contributed by atoms with Crippen LogP contribution in [0.5, 0.6) is 0 Å². The molecule has 2 N–H and O–H groups in total. The standard InChI is InChI=1S/C29H43N3O/c1-4-6-20-17(5-2)9-10-22-21(20)11-12-29(3)26(22)23-13-24(23)27(29)25(33)16-32-15-19(14-30)28(31)18-7-8-18/h15,17-18,20-24,26-27H,4-13,16,31H2,1-3H3. The summed E-state index contributed by atoms with van der Waals surface area (Å²) in [5, 5.41) is 9.44. The second-order valence-corrected chi connectivity index (χ2v) is 12.3. The lowest BCUT2D eigenvalue weighted by atomic mass is 9.49. The van der Waals surface area contributed by atoms with Crippen molar-refractivity contribution < 1.29 is 4.79 Å². The molecule has 9 unspecified atom stereocenters. The average Bonchev–Trinajstić information content (AvgIpc) is 3.73. The van der Waals surface area contributed by atoms with Crippen LogP contribution in [0, 0.1) is 70.0 Å². The molecule has 0 heterocycles. The van der Waals surface area contributed by atoms with Gasteiger partial charge < -0.3 is 5.73 Å². The minimum atomic E-state index is 0.165. The maximum Gasteiger partial charge on any atom is 0.158 e. The van der Waals surface area contributed by atoms with Crippen molar-refractivity contribution >= 4 is 12.0 Å². The quantitative estimate of drug-likeness (QED) is 0.369. The van der Waals surface area contributed by atoms with Gasteiger partial charge in [-0.1, -0.05) is 40.0 Å². The molecule has 180 valence electrons. The fraction of sp³-hybridized carbons (Fsp3) is 0.828. The minimum absolute atomic E-state index is 0.165. The maximum atomic E-state index is 13.5. The van der Waals surface area contributed by atoms with Crippen LogP contribution in [0.15, 0.2) is 16.3 Å². The predicted molar refractivity (Wildman–Crippen MR) is 132 cm³/mol. The Balaban J connectivity index is 1.31. The first kappa shape index (κ1) is 23.1. The SMILES string of the molecule is CCCC1C(CC)CCC2C1CCC1(C)C(C(=O)CN=CC(C#N)=C(N)C3CC3)C3CC3C21. The number of ketones is 1. The summed E-state index contributed by atoms with van der Waals surface area (Å²) >= 11 is 0. The van der Waals surface area contributed by atoms with Crippen molar-refractivity contribution in [3.8, 4) is 6.07 Å². The van der Waals surface area contributed by atoms with E-state index in [0.717, 1.165) is 48.3 Å². The zero-order valence-corrected chi connectivity index (χ0v) is 20.9. The van der Waals surface area contributed by atoms with Crippen molar-refractivity contribution in [1.82, 2.24) is 0 Å². The van der Waals surface area contributed by atoms with E-state index in [4.69, 9.17) is 5.73 Å². The Labute approximate surface area is 200 Å². The molecule has 0 aromatic rings. The number of aliphatic imine (C=N–C) groups is 1. The van der Waals surface area contributed by atoms with Gasteiger partial charge in [-0.2, -0.15) is 5.26 Å². The molecule has 4 nitrogen and oxygen atoms in total. The van der Waals surface area contributed by atoms with Gasteiger partial charge in [-0.15, -0.1) is 0 Å². The normalized spacial score (nSPS) is 44.4. The second kappa shape index (κ2) is 8.86. The van der Waals surface area contributed by atoms with Gasteiger partial charge >= 0.3 is 0 Å². The first-order chi connectivity index (χ1) is 15.9. The molecule has 0 aromatic heterocycles. The predicted octanol–water partition coefficient (Wildman–Crippen LogP) is 5.92. The molecule has 0 spiro atoms. The summed E-state index contributed by atoms with van der Waals surface area (Å²) in [5.41, 5.74) is 7.39. The smallest absolute Gasteiger partial charge is 0.158 e. The highest BCUT2D eigenvalue weighted by Crippen LogP contribution is 2.74. The van der Waals surface area contributed by atoms with Crippen molar-refractivity contribution in [2.45, 2.75) is 85.0 Å². The van der Waals surface area contributed by atoms with E-state index < -0.39 is 0 Å². The molecule has 0 amide bonds. The number of rotatable bonds is 8. The van der Waals surface area contributed by atoms with Crippen LogP contribution in [0.1, 0.15) is 85.0 Å². The van der Waals surface area contributed by atoms with Crippen LogP contribution in [0.4, 0.5) is 0 Å². The summed E-state index contributed by atoms with van der Waals surface area (Å²) in [6, 6.07) is 2.18. The Kier molecular flexibility index (Phi) is 6.21. The number of carbonyl (C=O) groups is 1. The molecule has 5 aliphatic carbocycles.